The number of aliphatic carboxylic acids is 1. The van der Waals surface area contributed by atoms with Gasteiger partial charge >= 0.3 is 5.97 Å². The third-order valence-corrected chi connectivity index (χ3v) is 3.22. The van der Waals surface area contributed by atoms with Crippen LogP contribution in [-0.4, -0.2) is 30.2 Å². The van der Waals surface area contributed by atoms with Crippen molar-refractivity contribution >= 4 is 5.97 Å². The van der Waals surface area contributed by atoms with E-state index >= 15 is 0 Å². The Morgan fingerprint density at radius 2 is 1.74 bits per heavy atom. The summed E-state index contributed by atoms with van der Waals surface area (Å²) in [5, 5.41) is 8.76. The largest absolute Gasteiger partial charge is 0.481 e. The minimum absolute atomic E-state index is 0.0272. The molecule has 0 fully saturated rings. The van der Waals surface area contributed by atoms with Crippen LogP contribution in [0.15, 0.2) is 24.8 Å². The van der Waals surface area contributed by atoms with Gasteiger partial charge in [-0.2, -0.15) is 0 Å². The smallest absolute Gasteiger partial charge is 0.303 e. The molecule has 6 heteroatoms. The fourth-order valence-electron chi connectivity index (χ4n) is 2.26. The lowest BCUT2D eigenvalue weighted by molar-refractivity contribution is -0.137. The Hall–Kier alpha value is -2.11. The first-order valence-corrected chi connectivity index (χ1v) is 6.26. The first-order valence-electron chi connectivity index (χ1n) is 6.26. The lowest BCUT2D eigenvalue weighted by Crippen LogP contribution is -2.13. The zero-order valence-corrected chi connectivity index (χ0v) is 11.2. The van der Waals surface area contributed by atoms with Crippen molar-refractivity contribution in [3.8, 4) is 0 Å². The maximum absolute atomic E-state index is 10.6. The van der Waals surface area contributed by atoms with Crippen LogP contribution in [0, 0.1) is 0 Å². The van der Waals surface area contributed by atoms with Crippen LogP contribution in [0.1, 0.15) is 36.8 Å². The Bertz CT molecular complexity index is 518. The van der Waals surface area contributed by atoms with E-state index < -0.39 is 5.97 Å². The van der Waals surface area contributed by atoms with E-state index in [0.29, 0.717) is 6.42 Å². The monoisotopic (exact) mass is 262 g/mol. The molecule has 2 rings (SSSR count). The summed E-state index contributed by atoms with van der Waals surface area (Å²) in [5.74, 6) is 1.09. The number of carboxylic acid groups (broad SMARTS) is 1. The Morgan fingerprint density at radius 1 is 1.21 bits per heavy atom. The number of carbonyl (C=O) groups is 1. The molecular formula is C13H18N4O2. The Balaban J connectivity index is 2.22. The number of nitrogens with zero attached hydrogens (tertiary/aromatic N) is 4. The molecule has 2 heterocycles. The molecule has 0 bridgehead atoms. The van der Waals surface area contributed by atoms with Gasteiger partial charge in [0, 0.05) is 45.3 Å². The lowest BCUT2D eigenvalue weighted by atomic mass is 10.00. The summed E-state index contributed by atoms with van der Waals surface area (Å²) in [4.78, 5) is 19.4. The molecule has 0 unspecified atom stereocenters. The summed E-state index contributed by atoms with van der Waals surface area (Å²) in [5.41, 5.74) is 0. The molecule has 0 aliphatic rings. The fraction of sp³-hybridized carbons (Fsp3) is 0.462. The van der Waals surface area contributed by atoms with Gasteiger partial charge in [0.25, 0.3) is 0 Å². The third kappa shape index (κ3) is 3.01. The highest BCUT2D eigenvalue weighted by Crippen LogP contribution is 2.26. The first kappa shape index (κ1) is 13.3. The molecule has 2 aromatic rings. The molecule has 0 aromatic carbocycles. The number of hydrogen-bond donors (Lipinski definition) is 1. The van der Waals surface area contributed by atoms with E-state index in [1.165, 1.54) is 0 Å². The zero-order chi connectivity index (χ0) is 13.8. The Labute approximate surface area is 111 Å². The molecule has 0 atom stereocenters. The van der Waals surface area contributed by atoms with Crippen LogP contribution >= 0.6 is 0 Å². The second-order valence-electron chi connectivity index (χ2n) is 4.63. The molecule has 0 amide bonds. The van der Waals surface area contributed by atoms with Gasteiger partial charge in [0.1, 0.15) is 11.6 Å². The minimum atomic E-state index is -0.765. The zero-order valence-electron chi connectivity index (χ0n) is 11.2. The number of hydrogen-bond acceptors (Lipinski definition) is 3. The SMILES string of the molecule is Cn1ccnc1C(CCCC(=O)O)c1nccn1C. The summed E-state index contributed by atoms with van der Waals surface area (Å²) < 4.78 is 3.92. The van der Waals surface area contributed by atoms with Crippen molar-refractivity contribution in [3.63, 3.8) is 0 Å². The lowest BCUT2D eigenvalue weighted by Gasteiger charge is -2.16. The van der Waals surface area contributed by atoms with E-state index in [0.717, 1.165) is 18.1 Å². The van der Waals surface area contributed by atoms with Gasteiger partial charge in [-0.15, -0.1) is 0 Å². The second kappa shape index (κ2) is 5.69. The third-order valence-electron chi connectivity index (χ3n) is 3.22. The van der Waals surface area contributed by atoms with E-state index in [9.17, 15) is 4.79 Å². The summed E-state index contributed by atoms with van der Waals surface area (Å²) in [6.07, 6.45) is 8.79. The molecule has 102 valence electrons. The molecule has 1 N–H and O–H groups in total. The normalized spacial score (nSPS) is 11.1. The van der Waals surface area contributed by atoms with Gasteiger partial charge in [0.05, 0.1) is 5.92 Å². The maximum atomic E-state index is 10.6. The standard InChI is InChI=1S/C13H18N4O2/c1-16-8-6-14-12(16)10(4-3-5-11(18)19)13-15-7-9-17(13)2/h6-10H,3-5H2,1-2H3,(H,18,19). The molecule has 2 aromatic heterocycles. The van der Waals surface area contributed by atoms with Gasteiger partial charge in [-0.05, 0) is 12.8 Å². The maximum Gasteiger partial charge on any atom is 0.303 e. The summed E-state index contributed by atoms with van der Waals surface area (Å²) in [7, 11) is 3.88. The van der Waals surface area contributed by atoms with Crippen LogP contribution in [0.2, 0.25) is 0 Å². The predicted octanol–water partition coefficient (Wildman–Crippen LogP) is 1.54. The molecule has 19 heavy (non-hydrogen) atoms. The highest BCUT2D eigenvalue weighted by Gasteiger charge is 2.22. The number of rotatable bonds is 6. The van der Waals surface area contributed by atoms with Crippen molar-refractivity contribution in [2.75, 3.05) is 0 Å². The summed E-state index contributed by atoms with van der Waals surface area (Å²) in [6.45, 7) is 0. The highest BCUT2D eigenvalue weighted by molar-refractivity contribution is 5.66. The van der Waals surface area contributed by atoms with Gasteiger partial charge < -0.3 is 14.2 Å². The van der Waals surface area contributed by atoms with Crippen LogP contribution < -0.4 is 0 Å². The molecule has 0 saturated carbocycles. The van der Waals surface area contributed by atoms with Crippen LogP contribution in [-0.2, 0) is 18.9 Å². The van der Waals surface area contributed by atoms with Crippen molar-refractivity contribution in [2.45, 2.75) is 25.2 Å². The van der Waals surface area contributed by atoms with Crippen molar-refractivity contribution in [1.29, 1.82) is 0 Å². The molecule has 0 aliphatic heterocycles. The number of imidazole rings is 2. The first-order chi connectivity index (χ1) is 9.09. The van der Waals surface area contributed by atoms with E-state index in [4.69, 9.17) is 5.11 Å². The van der Waals surface area contributed by atoms with E-state index in [2.05, 4.69) is 9.97 Å². The van der Waals surface area contributed by atoms with Gasteiger partial charge in [-0.25, -0.2) is 9.97 Å². The van der Waals surface area contributed by atoms with Gasteiger partial charge in [-0.1, -0.05) is 0 Å². The predicted molar refractivity (Wildman–Crippen MR) is 69.7 cm³/mol. The van der Waals surface area contributed by atoms with E-state index in [-0.39, 0.29) is 12.3 Å². The minimum Gasteiger partial charge on any atom is -0.481 e. The fourth-order valence-corrected chi connectivity index (χ4v) is 2.26. The van der Waals surface area contributed by atoms with Crippen molar-refractivity contribution in [3.05, 3.63) is 36.4 Å². The summed E-state index contributed by atoms with van der Waals surface area (Å²) in [6, 6.07) is 0. The number of carboxylic acids is 1. The van der Waals surface area contributed by atoms with Crippen LogP contribution in [0.4, 0.5) is 0 Å². The molecule has 0 saturated heterocycles. The molecule has 0 aliphatic carbocycles. The van der Waals surface area contributed by atoms with E-state index in [1.807, 2.05) is 35.6 Å². The van der Waals surface area contributed by atoms with Crippen molar-refractivity contribution < 1.29 is 9.90 Å². The van der Waals surface area contributed by atoms with Gasteiger partial charge in [0.15, 0.2) is 0 Å². The average molecular weight is 262 g/mol. The molecule has 0 spiro atoms. The van der Waals surface area contributed by atoms with Gasteiger partial charge in [-0.3, -0.25) is 4.79 Å². The topological polar surface area (TPSA) is 72.9 Å². The molecular weight excluding hydrogens is 244 g/mol. The molecule has 0 radical (unpaired) electrons. The van der Waals surface area contributed by atoms with E-state index in [1.54, 1.807) is 12.4 Å². The van der Waals surface area contributed by atoms with Crippen LogP contribution in [0.25, 0.3) is 0 Å². The van der Waals surface area contributed by atoms with Crippen molar-refractivity contribution in [1.82, 2.24) is 19.1 Å². The molecule has 6 nitrogen and oxygen atoms in total. The number of aryl methyl sites for hydroxylation is 2. The van der Waals surface area contributed by atoms with Crippen molar-refractivity contribution in [2.24, 2.45) is 14.1 Å². The van der Waals surface area contributed by atoms with Crippen LogP contribution in [0.3, 0.4) is 0 Å². The second-order valence-corrected chi connectivity index (χ2v) is 4.63. The highest BCUT2D eigenvalue weighted by atomic mass is 16.4. The quantitative estimate of drug-likeness (QED) is 0.857. The average Bonchev–Trinajstić information content (AvgIpc) is 2.94. The summed E-state index contributed by atoms with van der Waals surface area (Å²) >= 11 is 0. The van der Waals surface area contributed by atoms with Gasteiger partial charge in [0.2, 0.25) is 0 Å². The number of aromatic nitrogens is 4. The van der Waals surface area contributed by atoms with Crippen LogP contribution in [0.5, 0.6) is 0 Å². The Morgan fingerprint density at radius 3 is 2.11 bits per heavy atom. The Kier molecular flexibility index (Phi) is 3.99.